The molecule has 8 nitrogen and oxygen atoms in total. The van der Waals surface area contributed by atoms with Gasteiger partial charge in [0.15, 0.2) is 0 Å². The SMILES string of the molecule is C1CO1.CC.CC(C)(C)C1CCCCC1.O=C(OCCO)OC1CCCCC1.O=C=O.OC1CCCCC1.S=S=S=S=S=S=S=S=S=S=S. The maximum absolute atomic E-state index is 10.9. The van der Waals surface area contributed by atoms with Gasteiger partial charge in [-0.25, -0.2) is 4.79 Å². The first kappa shape index (κ1) is 54.3. The van der Waals surface area contributed by atoms with Crippen molar-refractivity contribution in [3.05, 3.63) is 0 Å². The molecule has 3 saturated carbocycles. The molecule has 0 bridgehead atoms. The van der Waals surface area contributed by atoms with Gasteiger partial charge in [-0.2, -0.15) is 9.59 Å². The summed E-state index contributed by atoms with van der Waals surface area (Å²) in [6, 6.07) is 0. The second-order valence-electron chi connectivity index (χ2n) is 11.5. The van der Waals surface area contributed by atoms with Crippen LogP contribution in [0.2, 0.25) is 0 Å². The van der Waals surface area contributed by atoms with E-state index >= 15 is 0 Å². The third kappa shape index (κ3) is 46.9. The molecule has 4 fully saturated rings. The van der Waals surface area contributed by atoms with Crippen LogP contribution in [0.5, 0.6) is 0 Å². The van der Waals surface area contributed by atoms with E-state index in [1.807, 2.05) is 13.8 Å². The highest BCUT2D eigenvalue weighted by molar-refractivity contribution is 8.74. The Labute approximate surface area is 331 Å². The minimum atomic E-state index is -0.652. The van der Waals surface area contributed by atoms with Gasteiger partial charge in [-0.3, -0.25) is 0 Å². The van der Waals surface area contributed by atoms with E-state index in [-0.39, 0.29) is 31.6 Å². The molecule has 2 N–H and O–H groups in total. The van der Waals surface area contributed by atoms with Gasteiger partial charge in [-0.15, -0.1) is 0 Å². The molecule has 1 aliphatic heterocycles. The molecule has 49 heavy (non-hydrogen) atoms. The van der Waals surface area contributed by atoms with Crippen LogP contribution in [0.4, 0.5) is 4.79 Å². The number of aliphatic hydroxyl groups excluding tert-OH is 2. The summed E-state index contributed by atoms with van der Waals surface area (Å²) in [5.41, 5.74) is 0.570. The molecule has 0 spiro atoms. The van der Waals surface area contributed by atoms with Gasteiger partial charge in [-0.1, -0.05) is 79.6 Å². The molecular weight excluding hydrogens is 841 g/mol. The lowest BCUT2D eigenvalue weighted by Crippen LogP contribution is -2.22. The third-order valence-corrected chi connectivity index (χ3v) is 24.7. The topological polar surface area (TPSA) is 123 Å². The summed E-state index contributed by atoms with van der Waals surface area (Å²) in [7, 11) is 14.5. The van der Waals surface area contributed by atoms with Crippen molar-refractivity contribution in [2.45, 2.75) is 143 Å². The van der Waals surface area contributed by atoms with E-state index in [0.29, 0.717) is 5.41 Å². The molecule has 19 heteroatoms. The van der Waals surface area contributed by atoms with Crippen LogP contribution in [-0.2, 0) is 126 Å². The van der Waals surface area contributed by atoms with Crippen LogP contribution in [0.15, 0.2) is 0 Å². The van der Waals surface area contributed by atoms with E-state index < -0.39 is 6.16 Å². The Hall–Kier alpha value is 0.950. The van der Waals surface area contributed by atoms with Gasteiger partial charge in [0.2, 0.25) is 0 Å². The smallest absolute Gasteiger partial charge is 0.432 e. The molecule has 4 aliphatic rings. The van der Waals surface area contributed by atoms with Crippen LogP contribution in [-0.4, -0.2) is 61.2 Å². The third-order valence-electron chi connectivity index (χ3n) is 6.96. The van der Waals surface area contributed by atoms with Crippen LogP contribution < -0.4 is 0 Å². The number of epoxide rings is 1. The van der Waals surface area contributed by atoms with Crippen LogP contribution >= 0.6 is 0 Å². The molecule has 0 aromatic carbocycles. The lowest BCUT2D eigenvalue weighted by atomic mass is 9.72. The summed E-state index contributed by atoms with van der Waals surface area (Å²) in [4.78, 5) is 27.2. The van der Waals surface area contributed by atoms with Gasteiger partial charge in [0, 0.05) is 102 Å². The molecule has 1 saturated heterocycles. The van der Waals surface area contributed by atoms with Crippen molar-refractivity contribution >= 4 is 115 Å². The van der Waals surface area contributed by atoms with Crippen molar-refractivity contribution in [2.24, 2.45) is 11.3 Å². The average Bonchev–Trinajstić information content (AvgIpc) is 4.00. The zero-order chi connectivity index (χ0) is 37.4. The molecule has 0 unspecified atom stereocenters. The predicted octanol–water partition coefficient (Wildman–Crippen LogP) is 6.82. The fourth-order valence-electron chi connectivity index (χ4n) is 4.61. The van der Waals surface area contributed by atoms with Crippen molar-refractivity contribution in [2.75, 3.05) is 26.4 Å². The number of carbonyl (C=O) groups excluding carboxylic acids is 3. The summed E-state index contributed by atoms with van der Waals surface area (Å²) in [5.74, 6) is 1.00. The van der Waals surface area contributed by atoms with E-state index in [9.17, 15) is 4.79 Å². The largest absolute Gasteiger partial charge is 0.508 e. The van der Waals surface area contributed by atoms with Gasteiger partial charge < -0.3 is 24.4 Å². The first-order valence-electron chi connectivity index (χ1n) is 16.6. The lowest BCUT2D eigenvalue weighted by molar-refractivity contribution is -0.191. The zero-order valence-corrected chi connectivity index (χ0v) is 38.5. The normalized spacial score (nSPS) is 16.5. The fourth-order valence-corrected chi connectivity index (χ4v) is 23.8. The molecule has 3 aliphatic carbocycles. The summed E-state index contributed by atoms with van der Waals surface area (Å²) in [5, 5.41) is 17.3. The molecule has 0 radical (unpaired) electrons. The van der Waals surface area contributed by atoms with Crippen molar-refractivity contribution in [1.29, 1.82) is 0 Å². The van der Waals surface area contributed by atoms with Gasteiger partial charge in [0.05, 0.1) is 25.9 Å². The lowest BCUT2D eigenvalue weighted by Gasteiger charge is -2.33. The number of hydrogen-bond donors (Lipinski definition) is 2. The minimum Gasteiger partial charge on any atom is -0.432 e. The number of ether oxygens (including phenoxy) is 3. The standard InChI is InChI=1S/C10H20.C9H16O4.C6H12O.C2H4O.C2H6.CO2.S11/c1-10(2,3)9-7-5-4-6-8-9;10-6-7-12-9(11)13-8-4-2-1-3-5-8;7-6-4-2-1-3-5-6;1-2-3-1;1-2;2-1-3;1-3-5-7-9-11-10-8-6-4-2/h9H,4-8H2,1-3H3;8,10H,1-7H2;6-7H,1-5H2;1-2H2;1-2H3;;. The van der Waals surface area contributed by atoms with E-state index in [2.05, 4.69) is 52.6 Å². The molecule has 0 amide bonds. The highest BCUT2D eigenvalue weighted by Crippen LogP contribution is 2.37. The van der Waals surface area contributed by atoms with E-state index in [1.165, 1.54) is 75.5 Å². The molecule has 1 heterocycles. The summed E-state index contributed by atoms with van der Waals surface area (Å²) < 4.78 is 14.1. The van der Waals surface area contributed by atoms with Crippen LogP contribution in [0, 0.1) is 11.3 Å². The number of hydrogen-bond acceptors (Lipinski definition) is 10. The second-order valence-corrected chi connectivity index (χ2v) is 27.4. The van der Waals surface area contributed by atoms with Crippen LogP contribution in [0.25, 0.3) is 0 Å². The van der Waals surface area contributed by atoms with Crippen molar-refractivity contribution in [3.8, 4) is 0 Å². The molecule has 0 aromatic rings. The highest BCUT2D eigenvalue weighted by Gasteiger charge is 2.25. The second kappa shape index (κ2) is 43.4. The Morgan fingerprint density at radius 2 is 1.10 bits per heavy atom. The van der Waals surface area contributed by atoms with Gasteiger partial charge >= 0.3 is 12.3 Å². The highest BCUT2D eigenvalue weighted by atomic mass is 33.4. The summed E-state index contributed by atoms with van der Waals surface area (Å²) >= 11 is 9.35. The first-order chi connectivity index (χ1) is 23.7. The Morgan fingerprint density at radius 1 is 0.735 bits per heavy atom. The molecule has 4 rings (SSSR count). The maximum atomic E-state index is 10.9. The van der Waals surface area contributed by atoms with Gasteiger partial charge in [-0.05, 0) is 62.7 Å². The molecule has 0 atom stereocenters. The molecular formula is C30H58O8S11. The molecule has 292 valence electrons. The van der Waals surface area contributed by atoms with Crippen LogP contribution in [0.3, 0.4) is 0 Å². The average molecular weight is 900 g/mol. The van der Waals surface area contributed by atoms with Crippen molar-refractivity contribution < 1.29 is 38.8 Å². The monoisotopic (exact) mass is 898 g/mol. The minimum absolute atomic E-state index is 0.0194. The van der Waals surface area contributed by atoms with Crippen LogP contribution in [0.1, 0.15) is 131 Å². The Morgan fingerprint density at radius 3 is 1.39 bits per heavy atom. The quantitative estimate of drug-likeness (QED) is 0.231. The fraction of sp³-hybridized carbons (Fsp3) is 0.933. The van der Waals surface area contributed by atoms with Gasteiger partial charge in [0.1, 0.15) is 12.7 Å². The van der Waals surface area contributed by atoms with E-state index in [0.717, 1.165) is 57.7 Å². The number of aliphatic hydroxyl groups is 2. The van der Waals surface area contributed by atoms with E-state index in [4.69, 9.17) is 24.5 Å². The van der Waals surface area contributed by atoms with Crippen molar-refractivity contribution in [3.63, 3.8) is 0 Å². The Balaban J connectivity index is -0.000000542. The van der Waals surface area contributed by atoms with Gasteiger partial charge in [0.25, 0.3) is 0 Å². The number of carbonyl (C=O) groups is 1. The summed E-state index contributed by atoms with van der Waals surface area (Å²) in [6.07, 6.45) is 18.3. The summed E-state index contributed by atoms with van der Waals surface area (Å²) in [6.45, 7) is 13.0. The zero-order valence-electron chi connectivity index (χ0n) is 29.5. The van der Waals surface area contributed by atoms with E-state index in [1.54, 1.807) is 62.2 Å². The predicted molar refractivity (Wildman–Crippen MR) is 230 cm³/mol. The Kier molecular flexibility index (Phi) is 48.0. The Bertz CT molecular complexity index is 1150. The van der Waals surface area contributed by atoms with Crippen molar-refractivity contribution in [1.82, 2.24) is 0 Å². The maximum Gasteiger partial charge on any atom is 0.508 e. The first-order valence-corrected chi connectivity index (χ1v) is 29.9. The molecule has 0 aromatic heterocycles. The number of rotatable bonds is 3.